The van der Waals surface area contributed by atoms with Crippen LogP contribution in [0.5, 0.6) is 23.0 Å². The minimum atomic E-state index is -3.02. The molecule has 0 heterocycles. The molecular formula is C21H25F2NO5. The Morgan fingerprint density at radius 2 is 1.72 bits per heavy atom. The van der Waals surface area contributed by atoms with Crippen molar-refractivity contribution in [2.24, 2.45) is 0 Å². The van der Waals surface area contributed by atoms with Crippen molar-refractivity contribution in [1.82, 2.24) is 5.32 Å². The minimum absolute atomic E-state index is 0.116. The summed E-state index contributed by atoms with van der Waals surface area (Å²) in [7, 11) is 2.88. The number of carbonyl (C=O) groups is 1. The quantitative estimate of drug-likeness (QED) is 0.557. The predicted octanol–water partition coefficient (Wildman–Crippen LogP) is 4.41. The molecule has 0 fully saturated rings. The van der Waals surface area contributed by atoms with Crippen molar-refractivity contribution < 1.29 is 32.5 Å². The second kappa shape index (κ2) is 11.1. The number of rotatable bonds is 11. The molecule has 0 radical (unpaired) electrons. The van der Waals surface area contributed by atoms with Gasteiger partial charge in [-0.25, -0.2) is 0 Å². The molecule has 158 valence electrons. The fraction of sp³-hybridized carbons (Fsp3) is 0.381. The summed E-state index contributed by atoms with van der Waals surface area (Å²) in [6.07, 6.45) is 1.97. The molecule has 2 aromatic rings. The fourth-order valence-corrected chi connectivity index (χ4v) is 2.56. The highest BCUT2D eigenvalue weighted by molar-refractivity contribution is 5.94. The van der Waals surface area contributed by atoms with Gasteiger partial charge in [-0.3, -0.25) is 4.79 Å². The number of nitrogens with one attached hydrogen (secondary N) is 1. The van der Waals surface area contributed by atoms with E-state index in [0.717, 1.165) is 18.4 Å². The van der Waals surface area contributed by atoms with Crippen LogP contribution in [-0.2, 0) is 6.54 Å². The van der Waals surface area contributed by atoms with Crippen LogP contribution in [0.25, 0.3) is 0 Å². The zero-order valence-electron chi connectivity index (χ0n) is 16.7. The fourth-order valence-electron chi connectivity index (χ4n) is 2.56. The molecule has 0 saturated heterocycles. The number of amides is 1. The molecule has 0 saturated carbocycles. The van der Waals surface area contributed by atoms with E-state index in [2.05, 4.69) is 17.0 Å². The first kappa shape index (κ1) is 22.3. The maximum absolute atomic E-state index is 12.5. The van der Waals surface area contributed by atoms with Gasteiger partial charge in [-0.1, -0.05) is 19.4 Å². The van der Waals surface area contributed by atoms with Gasteiger partial charge in [-0.05, 0) is 42.3 Å². The summed E-state index contributed by atoms with van der Waals surface area (Å²) in [4.78, 5) is 12.4. The van der Waals surface area contributed by atoms with Gasteiger partial charge in [-0.2, -0.15) is 8.78 Å². The van der Waals surface area contributed by atoms with Crippen molar-refractivity contribution in [3.63, 3.8) is 0 Å². The number of alkyl halides is 2. The van der Waals surface area contributed by atoms with Crippen LogP contribution >= 0.6 is 0 Å². The Labute approximate surface area is 168 Å². The normalized spacial score (nSPS) is 10.6. The molecular weight excluding hydrogens is 384 g/mol. The van der Waals surface area contributed by atoms with E-state index in [-0.39, 0.29) is 23.6 Å². The van der Waals surface area contributed by atoms with Crippen LogP contribution in [0.3, 0.4) is 0 Å². The number of ether oxygens (including phenoxy) is 4. The molecule has 0 aliphatic carbocycles. The summed E-state index contributed by atoms with van der Waals surface area (Å²) < 4.78 is 45.5. The van der Waals surface area contributed by atoms with E-state index in [1.807, 2.05) is 6.07 Å². The van der Waals surface area contributed by atoms with Crippen molar-refractivity contribution in [3.05, 3.63) is 47.5 Å². The summed E-state index contributed by atoms with van der Waals surface area (Å²) in [5.74, 6) is 0.689. The monoisotopic (exact) mass is 409 g/mol. The lowest BCUT2D eigenvalue weighted by Crippen LogP contribution is -2.23. The minimum Gasteiger partial charge on any atom is -0.493 e. The van der Waals surface area contributed by atoms with Gasteiger partial charge in [-0.15, -0.1) is 0 Å². The predicted molar refractivity (Wildman–Crippen MR) is 104 cm³/mol. The lowest BCUT2D eigenvalue weighted by Gasteiger charge is -2.13. The van der Waals surface area contributed by atoms with E-state index in [0.29, 0.717) is 18.1 Å². The molecule has 0 unspecified atom stereocenters. The van der Waals surface area contributed by atoms with E-state index >= 15 is 0 Å². The first-order valence-corrected chi connectivity index (χ1v) is 9.19. The average molecular weight is 409 g/mol. The molecule has 8 heteroatoms. The van der Waals surface area contributed by atoms with Gasteiger partial charge < -0.3 is 24.3 Å². The first-order valence-electron chi connectivity index (χ1n) is 9.19. The maximum Gasteiger partial charge on any atom is 0.387 e. The van der Waals surface area contributed by atoms with E-state index in [1.165, 1.54) is 25.3 Å². The molecule has 0 bridgehead atoms. The molecule has 1 amide bonds. The van der Waals surface area contributed by atoms with Crippen LogP contribution in [0.4, 0.5) is 8.78 Å². The van der Waals surface area contributed by atoms with Gasteiger partial charge in [0, 0.05) is 12.1 Å². The van der Waals surface area contributed by atoms with Crippen molar-refractivity contribution >= 4 is 5.91 Å². The Hall–Kier alpha value is -3.03. The Morgan fingerprint density at radius 3 is 2.38 bits per heavy atom. The molecule has 6 nitrogen and oxygen atoms in total. The Morgan fingerprint density at radius 1 is 1.00 bits per heavy atom. The third kappa shape index (κ3) is 6.51. The van der Waals surface area contributed by atoms with Gasteiger partial charge in [0.2, 0.25) is 0 Å². The third-order valence-corrected chi connectivity index (χ3v) is 4.08. The second-order valence-corrected chi connectivity index (χ2v) is 6.11. The van der Waals surface area contributed by atoms with Gasteiger partial charge >= 0.3 is 6.61 Å². The van der Waals surface area contributed by atoms with Crippen molar-refractivity contribution in [1.29, 1.82) is 0 Å². The summed E-state index contributed by atoms with van der Waals surface area (Å²) in [5.41, 5.74) is 0.976. The number of benzene rings is 2. The summed E-state index contributed by atoms with van der Waals surface area (Å²) in [5, 5.41) is 2.74. The molecule has 1 N–H and O–H groups in total. The molecule has 0 atom stereocenters. The van der Waals surface area contributed by atoms with Crippen molar-refractivity contribution in [3.8, 4) is 23.0 Å². The molecule has 29 heavy (non-hydrogen) atoms. The summed E-state index contributed by atoms with van der Waals surface area (Å²) >= 11 is 0. The number of hydrogen-bond acceptors (Lipinski definition) is 5. The van der Waals surface area contributed by atoms with E-state index in [1.54, 1.807) is 19.2 Å². The average Bonchev–Trinajstić information content (AvgIpc) is 2.72. The van der Waals surface area contributed by atoms with E-state index in [4.69, 9.17) is 14.2 Å². The Kier molecular flexibility index (Phi) is 8.51. The number of carbonyl (C=O) groups excluding carboxylic acids is 1. The first-order chi connectivity index (χ1) is 14.0. The van der Waals surface area contributed by atoms with Crippen LogP contribution in [-0.4, -0.2) is 33.3 Å². The third-order valence-electron chi connectivity index (χ3n) is 4.08. The largest absolute Gasteiger partial charge is 0.493 e. The standard InChI is InChI=1S/C21H25F2NO5/c1-4-5-10-28-17-8-6-14(11-18(17)27-3)13-24-20(25)15-7-9-16(26-2)19(12-15)29-21(22)23/h6-9,11-12,21H,4-5,10,13H2,1-3H3,(H,24,25). The second-order valence-electron chi connectivity index (χ2n) is 6.11. The molecule has 0 aliphatic heterocycles. The zero-order valence-corrected chi connectivity index (χ0v) is 16.7. The van der Waals surface area contributed by atoms with Gasteiger partial charge in [0.1, 0.15) is 0 Å². The molecule has 0 spiro atoms. The van der Waals surface area contributed by atoms with Gasteiger partial charge in [0.15, 0.2) is 23.0 Å². The van der Waals surface area contributed by atoms with E-state index in [9.17, 15) is 13.6 Å². The highest BCUT2D eigenvalue weighted by Gasteiger charge is 2.15. The maximum atomic E-state index is 12.5. The smallest absolute Gasteiger partial charge is 0.387 e. The van der Waals surface area contributed by atoms with Crippen molar-refractivity contribution in [2.45, 2.75) is 32.9 Å². The number of unbranched alkanes of at least 4 members (excludes halogenated alkanes) is 1. The highest BCUT2D eigenvalue weighted by atomic mass is 19.3. The topological polar surface area (TPSA) is 66.0 Å². The lowest BCUT2D eigenvalue weighted by atomic mass is 10.1. The number of halogens is 2. The van der Waals surface area contributed by atoms with Crippen LogP contribution in [0.2, 0.25) is 0 Å². The Bertz CT molecular complexity index is 814. The Balaban J connectivity index is 2.04. The zero-order chi connectivity index (χ0) is 21.2. The van der Waals surface area contributed by atoms with Gasteiger partial charge in [0.05, 0.1) is 20.8 Å². The summed E-state index contributed by atoms with van der Waals surface area (Å²) in [6.45, 7) is -0.115. The molecule has 2 aromatic carbocycles. The molecule has 0 aliphatic rings. The van der Waals surface area contributed by atoms with Crippen LogP contribution in [0, 0.1) is 0 Å². The van der Waals surface area contributed by atoms with Crippen molar-refractivity contribution in [2.75, 3.05) is 20.8 Å². The highest BCUT2D eigenvalue weighted by Crippen LogP contribution is 2.30. The molecule has 2 rings (SSSR count). The lowest BCUT2D eigenvalue weighted by molar-refractivity contribution is -0.0512. The van der Waals surface area contributed by atoms with Crippen LogP contribution in [0.1, 0.15) is 35.7 Å². The van der Waals surface area contributed by atoms with Crippen LogP contribution in [0.15, 0.2) is 36.4 Å². The number of methoxy groups -OCH3 is 2. The van der Waals surface area contributed by atoms with E-state index < -0.39 is 12.5 Å². The SMILES string of the molecule is CCCCOc1ccc(CNC(=O)c2ccc(OC)c(OC(F)F)c2)cc1OC. The number of hydrogen-bond donors (Lipinski definition) is 1. The summed E-state index contributed by atoms with van der Waals surface area (Å²) in [6, 6.07) is 9.48. The van der Waals surface area contributed by atoms with Crippen LogP contribution < -0.4 is 24.3 Å². The van der Waals surface area contributed by atoms with Gasteiger partial charge in [0.25, 0.3) is 5.91 Å². The molecule has 0 aromatic heterocycles.